The fraction of sp³-hybridized carbons (Fsp3) is 0.185. The van der Waals surface area contributed by atoms with Crippen LogP contribution < -0.4 is 11.1 Å². The summed E-state index contributed by atoms with van der Waals surface area (Å²) < 4.78 is 1.74. The normalized spacial score (nSPS) is 13.0. The largest absolute Gasteiger partial charge is 0.364 e. The van der Waals surface area contributed by atoms with Crippen molar-refractivity contribution in [2.24, 2.45) is 5.73 Å². The second-order valence-electron chi connectivity index (χ2n) is 8.40. The molecule has 5 heteroatoms. The molecule has 4 aromatic rings. The lowest BCUT2D eigenvalue weighted by Gasteiger charge is -2.18. The van der Waals surface area contributed by atoms with E-state index >= 15 is 0 Å². The number of nitrogens with two attached hydrogens (primary N) is 1. The molecule has 0 spiro atoms. The van der Waals surface area contributed by atoms with Crippen molar-refractivity contribution in [1.29, 1.82) is 0 Å². The Kier molecular flexibility index (Phi) is 5.33. The second-order valence-corrected chi connectivity index (χ2v) is 8.40. The molecule has 0 aliphatic carbocycles. The number of benzene rings is 3. The van der Waals surface area contributed by atoms with Crippen molar-refractivity contribution >= 4 is 5.91 Å². The molecule has 0 fully saturated rings. The minimum absolute atomic E-state index is 0.280. The molecule has 0 saturated carbocycles. The molecule has 0 radical (unpaired) electrons. The van der Waals surface area contributed by atoms with E-state index in [9.17, 15) is 4.79 Å². The van der Waals surface area contributed by atoms with Gasteiger partial charge in [0.25, 0.3) is 5.91 Å². The van der Waals surface area contributed by atoms with E-state index in [0.29, 0.717) is 0 Å². The number of carbonyl (C=O) groups excluding carboxylic acids is 1. The third-order valence-electron chi connectivity index (χ3n) is 6.11. The third-order valence-corrected chi connectivity index (χ3v) is 6.11. The predicted octanol–water partition coefficient (Wildman–Crippen LogP) is 4.18. The molecular formula is C27H26N4O. The fourth-order valence-corrected chi connectivity index (χ4v) is 4.32. The highest BCUT2D eigenvalue weighted by Crippen LogP contribution is 2.25. The van der Waals surface area contributed by atoms with Crippen LogP contribution in [0.25, 0.3) is 16.8 Å². The minimum Gasteiger partial charge on any atom is -0.364 e. The molecule has 5 nitrogen and oxygen atoms in total. The molecular weight excluding hydrogens is 396 g/mol. The van der Waals surface area contributed by atoms with E-state index in [2.05, 4.69) is 65.0 Å². The molecule has 3 N–H and O–H groups in total. The maximum atomic E-state index is 11.4. The first-order chi connectivity index (χ1) is 15.6. The lowest BCUT2D eigenvalue weighted by Crippen LogP contribution is -2.23. The van der Waals surface area contributed by atoms with E-state index in [1.165, 1.54) is 33.4 Å². The summed E-state index contributed by atoms with van der Waals surface area (Å²) >= 11 is 0. The molecule has 0 unspecified atom stereocenters. The van der Waals surface area contributed by atoms with Crippen LogP contribution in [0.3, 0.4) is 0 Å². The van der Waals surface area contributed by atoms with Gasteiger partial charge in [0.15, 0.2) is 5.69 Å². The fourth-order valence-electron chi connectivity index (χ4n) is 4.32. The number of rotatable bonds is 5. The van der Waals surface area contributed by atoms with Gasteiger partial charge in [-0.2, -0.15) is 5.10 Å². The van der Waals surface area contributed by atoms with Crippen LogP contribution in [-0.2, 0) is 19.4 Å². The van der Waals surface area contributed by atoms with Crippen molar-refractivity contribution in [2.45, 2.75) is 26.3 Å². The van der Waals surface area contributed by atoms with Gasteiger partial charge < -0.3 is 11.1 Å². The Hall–Kier alpha value is -3.70. The highest BCUT2D eigenvalue weighted by atomic mass is 16.1. The zero-order chi connectivity index (χ0) is 22.1. The van der Waals surface area contributed by atoms with Gasteiger partial charge in [0.05, 0.1) is 5.69 Å². The molecule has 0 saturated heterocycles. The first-order valence-electron chi connectivity index (χ1n) is 10.9. The molecule has 2 heterocycles. The Morgan fingerprint density at radius 3 is 2.31 bits per heavy atom. The number of amides is 1. The van der Waals surface area contributed by atoms with Gasteiger partial charge in [-0.15, -0.1) is 0 Å². The predicted molar refractivity (Wildman–Crippen MR) is 127 cm³/mol. The van der Waals surface area contributed by atoms with Crippen LogP contribution in [0.1, 0.15) is 38.4 Å². The number of hydrogen-bond donors (Lipinski definition) is 2. The molecule has 5 rings (SSSR count). The standard InChI is InChI=1S/C27H26N4O/c1-18-14-26(27(28)32)30-31(18)25-10-4-20(5-11-25)15-19-2-6-21(7-3-19)22-8-9-24-17-29-13-12-23(24)16-22/h2-11,14,16,29H,12-13,15,17H2,1H3,(H2,28,32). The molecule has 1 aromatic heterocycles. The molecule has 1 aliphatic rings. The third kappa shape index (κ3) is 4.07. The molecule has 3 aromatic carbocycles. The van der Waals surface area contributed by atoms with Crippen LogP contribution in [0.5, 0.6) is 0 Å². The van der Waals surface area contributed by atoms with Crippen LogP contribution in [0.4, 0.5) is 0 Å². The second kappa shape index (κ2) is 8.44. The van der Waals surface area contributed by atoms with Gasteiger partial charge in [0.1, 0.15) is 0 Å². The number of carbonyl (C=O) groups is 1. The molecule has 0 atom stereocenters. The maximum Gasteiger partial charge on any atom is 0.269 e. The van der Waals surface area contributed by atoms with E-state index in [1.54, 1.807) is 10.7 Å². The number of nitrogens with one attached hydrogen (secondary N) is 1. The highest BCUT2D eigenvalue weighted by molar-refractivity contribution is 5.90. The van der Waals surface area contributed by atoms with Gasteiger partial charge in [-0.05, 0) is 77.9 Å². The van der Waals surface area contributed by atoms with Gasteiger partial charge in [-0.25, -0.2) is 4.68 Å². The van der Waals surface area contributed by atoms with Crippen molar-refractivity contribution < 1.29 is 4.79 Å². The smallest absolute Gasteiger partial charge is 0.269 e. The average Bonchev–Trinajstić information content (AvgIpc) is 3.22. The van der Waals surface area contributed by atoms with Crippen LogP contribution >= 0.6 is 0 Å². The molecule has 0 bridgehead atoms. The Balaban J connectivity index is 1.30. The van der Waals surface area contributed by atoms with Crippen molar-refractivity contribution in [1.82, 2.24) is 15.1 Å². The first-order valence-corrected chi connectivity index (χ1v) is 10.9. The summed E-state index contributed by atoms with van der Waals surface area (Å²) in [5, 5.41) is 7.73. The number of nitrogens with zero attached hydrogens (tertiary/aromatic N) is 2. The summed E-state index contributed by atoms with van der Waals surface area (Å²) in [6, 6.07) is 25.6. The van der Waals surface area contributed by atoms with Crippen molar-refractivity contribution in [2.75, 3.05) is 6.54 Å². The molecule has 160 valence electrons. The highest BCUT2D eigenvalue weighted by Gasteiger charge is 2.11. The lowest BCUT2D eigenvalue weighted by molar-refractivity contribution is 0.0995. The van der Waals surface area contributed by atoms with Crippen LogP contribution in [0.2, 0.25) is 0 Å². The van der Waals surface area contributed by atoms with E-state index in [-0.39, 0.29) is 5.69 Å². The van der Waals surface area contributed by atoms with Gasteiger partial charge in [0.2, 0.25) is 0 Å². The SMILES string of the molecule is Cc1cc(C(N)=O)nn1-c1ccc(Cc2ccc(-c3ccc4c(c3)CCNC4)cc2)cc1. The summed E-state index contributed by atoms with van der Waals surface area (Å²) in [5.74, 6) is -0.515. The Morgan fingerprint density at radius 2 is 1.62 bits per heavy atom. The van der Waals surface area contributed by atoms with Crippen LogP contribution in [-0.4, -0.2) is 22.2 Å². The minimum atomic E-state index is -0.515. The molecule has 32 heavy (non-hydrogen) atoms. The summed E-state index contributed by atoms with van der Waals surface area (Å²) in [5.41, 5.74) is 15.3. The summed E-state index contributed by atoms with van der Waals surface area (Å²) in [4.78, 5) is 11.4. The Labute approximate surface area is 187 Å². The van der Waals surface area contributed by atoms with Crippen molar-refractivity contribution in [3.63, 3.8) is 0 Å². The zero-order valence-electron chi connectivity index (χ0n) is 18.1. The number of fused-ring (bicyclic) bond motifs is 1. The van der Waals surface area contributed by atoms with E-state index in [0.717, 1.165) is 37.3 Å². The van der Waals surface area contributed by atoms with Crippen LogP contribution in [0.15, 0.2) is 72.8 Å². The number of hydrogen-bond acceptors (Lipinski definition) is 3. The molecule has 1 amide bonds. The Morgan fingerprint density at radius 1 is 0.938 bits per heavy atom. The summed E-state index contributed by atoms with van der Waals surface area (Å²) in [7, 11) is 0. The summed E-state index contributed by atoms with van der Waals surface area (Å²) in [6.07, 6.45) is 1.96. The average molecular weight is 423 g/mol. The quantitative estimate of drug-likeness (QED) is 0.507. The first kappa shape index (κ1) is 20.2. The van der Waals surface area contributed by atoms with Gasteiger partial charge in [-0.1, -0.05) is 54.6 Å². The lowest BCUT2D eigenvalue weighted by atomic mass is 9.94. The number of aryl methyl sites for hydroxylation is 1. The van der Waals surface area contributed by atoms with Gasteiger partial charge >= 0.3 is 0 Å². The number of aromatic nitrogens is 2. The summed E-state index contributed by atoms with van der Waals surface area (Å²) in [6.45, 7) is 3.94. The topological polar surface area (TPSA) is 72.9 Å². The van der Waals surface area contributed by atoms with Gasteiger partial charge in [-0.3, -0.25) is 4.79 Å². The molecule has 1 aliphatic heterocycles. The monoisotopic (exact) mass is 422 g/mol. The zero-order valence-corrected chi connectivity index (χ0v) is 18.1. The van der Waals surface area contributed by atoms with Crippen molar-refractivity contribution in [3.05, 3.63) is 106 Å². The Bertz CT molecular complexity index is 1270. The van der Waals surface area contributed by atoms with Crippen LogP contribution in [0, 0.1) is 6.92 Å². The van der Waals surface area contributed by atoms with E-state index < -0.39 is 5.91 Å². The maximum absolute atomic E-state index is 11.4. The van der Waals surface area contributed by atoms with Gasteiger partial charge in [0, 0.05) is 12.2 Å². The van der Waals surface area contributed by atoms with Crippen molar-refractivity contribution in [3.8, 4) is 16.8 Å². The number of primary amides is 1. The van der Waals surface area contributed by atoms with E-state index in [1.807, 2.05) is 19.1 Å². The van der Waals surface area contributed by atoms with E-state index in [4.69, 9.17) is 5.73 Å².